The number of hydrogen-bond acceptors (Lipinski definition) is 6. The average Bonchev–Trinajstić information content (AvgIpc) is 3.20. The van der Waals surface area contributed by atoms with Crippen molar-refractivity contribution in [2.75, 3.05) is 25.1 Å². The fourth-order valence-electron chi connectivity index (χ4n) is 3.83. The molecule has 1 atom stereocenters. The lowest BCUT2D eigenvalue weighted by Gasteiger charge is -2.26. The summed E-state index contributed by atoms with van der Waals surface area (Å²) in [4.78, 5) is 7.82. The van der Waals surface area contributed by atoms with Crippen LogP contribution in [0.5, 0.6) is 0 Å². The molecule has 1 unspecified atom stereocenters. The van der Waals surface area contributed by atoms with E-state index in [4.69, 9.17) is 5.73 Å². The SMILES string of the molecule is CC1(c2nc(F)c3cnc(N)nn23)CCCC1.CS(=O)(=O)N1CCCC(F)C1. The summed E-state index contributed by atoms with van der Waals surface area (Å²) in [5, 5.41) is 4.07. The van der Waals surface area contributed by atoms with E-state index in [0.29, 0.717) is 30.7 Å². The van der Waals surface area contributed by atoms with Crippen molar-refractivity contribution in [2.45, 2.75) is 57.0 Å². The lowest BCUT2D eigenvalue weighted by molar-refractivity contribution is 0.203. The predicted octanol–water partition coefficient (Wildman–Crippen LogP) is 2.06. The number of piperidine rings is 1. The normalized spacial score (nSPS) is 22.8. The van der Waals surface area contributed by atoms with Crippen LogP contribution in [-0.2, 0) is 15.4 Å². The Morgan fingerprint density at radius 1 is 1.29 bits per heavy atom. The number of sulfonamides is 1. The second kappa shape index (κ2) is 7.86. The highest BCUT2D eigenvalue weighted by molar-refractivity contribution is 7.88. The number of aromatic nitrogens is 4. The minimum absolute atomic E-state index is 0.0405. The summed E-state index contributed by atoms with van der Waals surface area (Å²) >= 11 is 0. The first-order valence-corrected chi connectivity index (χ1v) is 11.2. The lowest BCUT2D eigenvalue weighted by Crippen LogP contribution is -2.39. The van der Waals surface area contributed by atoms with Crippen LogP contribution in [0.3, 0.4) is 0 Å². The summed E-state index contributed by atoms with van der Waals surface area (Å²) in [7, 11) is -3.17. The molecule has 1 saturated carbocycles. The van der Waals surface area contributed by atoms with Crippen LogP contribution in [0.25, 0.3) is 5.52 Å². The molecule has 8 nitrogen and oxygen atoms in total. The molecular formula is C17H26F2N6O2S. The van der Waals surface area contributed by atoms with E-state index in [1.807, 2.05) is 0 Å². The summed E-state index contributed by atoms with van der Waals surface area (Å²) in [5.74, 6) is 0.280. The second-order valence-electron chi connectivity index (χ2n) is 7.77. The van der Waals surface area contributed by atoms with Gasteiger partial charge >= 0.3 is 0 Å². The Labute approximate surface area is 163 Å². The van der Waals surface area contributed by atoms with Gasteiger partial charge in [-0.15, -0.1) is 5.10 Å². The van der Waals surface area contributed by atoms with E-state index in [1.165, 1.54) is 15.0 Å². The molecule has 156 valence electrons. The van der Waals surface area contributed by atoms with Crippen molar-refractivity contribution in [3.63, 3.8) is 0 Å². The van der Waals surface area contributed by atoms with E-state index < -0.39 is 22.1 Å². The van der Waals surface area contributed by atoms with E-state index in [9.17, 15) is 17.2 Å². The molecule has 2 aromatic rings. The van der Waals surface area contributed by atoms with E-state index >= 15 is 0 Å². The Bertz CT molecular complexity index is 943. The average molecular weight is 416 g/mol. The van der Waals surface area contributed by atoms with Crippen LogP contribution >= 0.6 is 0 Å². The van der Waals surface area contributed by atoms with Gasteiger partial charge in [-0.1, -0.05) is 19.8 Å². The van der Waals surface area contributed by atoms with Crippen molar-refractivity contribution in [1.29, 1.82) is 0 Å². The van der Waals surface area contributed by atoms with Crippen molar-refractivity contribution < 1.29 is 17.2 Å². The number of halogens is 2. The summed E-state index contributed by atoms with van der Waals surface area (Å²) in [6.45, 7) is 2.62. The maximum atomic E-state index is 13.7. The molecule has 4 rings (SSSR count). The number of nitrogens with zero attached hydrogens (tertiary/aromatic N) is 5. The van der Waals surface area contributed by atoms with Gasteiger partial charge in [-0.2, -0.15) is 8.70 Å². The van der Waals surface area contributed by atoms with Crippen LogP contribution in [0, 0.1) is 5.95 Å². The van der Waals surface area contributed by atoms with Crippen molar-refractivity contribution >= 4 is 21.5 Å². The lowest BCUT2D eigenvalue weighted by atomic mass is 9.88. The molecule has 0 aromatic carbocycles. The van der Waals surface area contributed by atoms with Crippen molar-refractivity contribution in [3.05, 3.63) is 18.0 Å². The fraction of sp³-hybridized carbons (Fsp3) is 0.706. The maximum absolute atomic E-state index is 13.7. The molecule has 0 radical (unpaired) electrons. The molecule has 1 aliphatic carbocycles. The van der Waals surface area contributed by atoms with Crippen LogP contribution in [0.2, 0.25) is 0 Å². The van der Waals surface area contributed by atoms with Gasteiger partial charge in [0.05, 0.1) is 12.5 Å². The number of hydrogen-bond donors (Lipinski definition) is 1. The Morgan fingerprint density at radius 3 is 2.54 bits per heavy atom. The third-order valence-electron chi connectivity index (χ3n) is 5.41. The third-order valence-corrected chi connectivity index (χ3v) is 6.68. The minimum Gasteiger partial charge on any atom is -0.367 e. The first-order valence-electron chi connectivity index (χ1n) is 9.36. The molecule has 2 aliphatic rings. The first-order chi connectivity index (χ1) is 13.1. The van der Waals surface area contributed by atoms with Crippen LogP contribution in [0.15, 0.2) is 6.20 Å². The molecule has 28 heavy (non-hydrogen) atoms. The Kier molecular flexibility index (Phi) is 5.85. The standard InChI is InChI=1S/C11H14FN5.C6H12FNO2S/c1-11(4-2-3-5-11)9-15-8(12)7-6-14-10(13)16-17(7)9;1-11(9,10)8-4-2-3-6(7)5-8/h6H,2-5H2,1H3,(H2,13,16);6H,2-5H2,1H3. The van der Waals surface area contributed by atoms with Crippen LogP contribution in [0.4, 0.5) is 14.7 Å². The first kappa shape index (κ1) is 20.8. The zero-order chi connectivity index (χ0) is 20.5. The van der Waals surface area contributed by atoms with Crippen LogP contribution in [-0.4, -0.2) is 57.8 Å². The molecular weight excluding hydrogens is 390 g/mol. The number of rotatable bonds is 2. The number of fused-ring (bicyclic) bond motifs is 1. The molecule has 1 saturated heterocycles. The van der Waals surface area contributed by atoms with Crippen LogP contribution in [0.1, 0.15) is 51.3 Å². The van der Waals surface area contributed by atoms with Gasteiger partial charge in [0.25, 0.3) is 0 Å². The number of nitrogens with two attached hydrogens (primary N) is 1. The van der Waals surface area contributed by atoms with E-state index in [0.717, 1.165) is 31.9 Å². The monoisotopic (exact) mass is 416 g/mol. The van der Waals surface area contributed by atoms with Gasteiger partial charge < -0.3 is 5.73 Å². The highest BCUT2D eigenvalue weighted by atomic mass is 32.2. The molecule has 2 N–H and O–H groups in total. The van der Waals surface area contributed by atoms with E-state index in [-0.39, 0.29) is 17.9 Å². The highest BCUT2D eigenvalue weighted by Crippen LogP contribution is 2.40. The Balaban J connectivity index is 0.000000178. The molecule has 0 spiro atoms. The topological polar surface area (TPSA) is 106 Å². The number of nitrogen functional groups attached to an aromatic ring is 1. The molecule has 1 aliphatic heterocycles. The Hall–Kier alpha value is -1.88. The Morgan fingerprint density at radius 2 is 1.96 bits per heavy atom. The smallest absolute Gasteiger partial charge is 0.242 e. The summed E-state index contributed by atoms with van der Waals surface area (Å²) in [6.07, 6.45) is 6.96. The molecule has 2 aromatic heterocycles. The van der Waals surface area contributed by atoms with E-state index in [2.05, 4.69) is 22.0 Å². The van der Waals surface area contributed by atoms with Crippen molar-refractivity contribution in [3.8, 4) is 0 Å². The maximum Gasteiger partial charge on any atom is 0.242 e. The summed E-state index contributed by atoms with van der Waals surface area (Å²) in [5.41, 5.74) is 5.74. The largest absolute Gasteiger partial charge is 0.367 e. The van der Waals surface area contributed by atoms with E-state index in [1.54, 1.807) is 0 Å². The fourth-order valence-corrected chi connectivity index (χ4v) is 4.72. The third kappa shape index (κ3) is 4.40. The molecule has 0 bridgehead atoms. The summed E-state index contributed by atoms with van der Waals surface area (Å²) < 4.78 is 50.8. The van der Waals surface area contributed by atoms with Crippen LogP contribution < -0.4 is 5.73 Å². The molecule has 2 fully saturated rings. The van der Waals surface area contributed by atoms with Gasteiger partial charge in [0.1, 0.15) is 17.5 Å². The number of alkyl halides is 1. The number of imidazole rings is 1. The van der Waals surface area contributed by atoms with Gasteiger partial charge in [-0.25, -0.2) is 27.3 Å². The van der Waals surface area contributed by atoms with Gasteiger partial charge in [-0.05, 0) is 25.7 Å². The molecule has 11 heteroatoms. The van der Waals surface area contributed by atoms with Gasteiger partial charge in [0.2, 0.25) is 21.9 Å². The molecule has 0 amide bonds. The quantitative estimate of drug-likeness (QED) is 0.803. The zero-order valence-electron chi connectivity index (χ0n) is 16.1. The van der Waals surface area contributed by atoms with Gasteiger partial charge in [0, 0.05) is 18.5 Å². The van der Waals surface area contributed by atoms with Gasteiger partial charge in [0.15, 0.2) is 0 Å². The molecule has 3 heterocycles. The van der Waals surface area contributed by atoms with Crippen molar-refractivity contribution in [1.82, 2.24) is 23.9 Å². The second-order valence-corrected chi connectivity index (χ2v) is 9.75. The number of anilines is 1. The summed E-state index contributed by atoms with van der Waals surface area (Å²) in [6, 6.07) is 0. The predicted molar refractivity (Wildman–Crippen MR) is 102 cm³/mol. The zero-order valence-corrected chi connectivity index (χ0v) is 16.9. The van der Waals surface area contributed by atoms with Crippen molar-refractivity contribution in [2.24, 2.45) is 0 Å². The minimum atomic E-state index is -3.17. The highest BCUT2D eigenvalue weighted by Gasteiger charge is 2.36. The van der Waals surface area contributed by atoms with Gasteiger partial charge in [-0.3, -0.25) is 0 Å².